The van der Waals surface area contributed by atoms with Crippen LogP contribution in [0.1, 0.15) is 69.4 Å². The standard InChI is InChI=1S/C24H33F6N3O3S/c1-2-11-37(35,36)32-22(7-3-4-8-22)16-33-9-5-17(6-10-33)12-21(34)31-20-14-18(23(25,26)27)13-19(15-20)24(28,29)30/h13-15,17,32H,2-12,16H2,1H3,(H,31,34). The molecule has 2 N–H and O–H groups in total. The van der Waals surface area contributed by atoms with E-state index in [-0.39, 0.29) is 24.2 Å². The second-order valence-corrected chi connectivity index (χ2v) is 12.0. The molecule has 0 atom stereocenters. The summed E-state index contributed by atoms with van der Waals surface area (Å²) in [5.41, 5.74) is -4.02. The molecule has 1 amide bonds. The lowest BCUT2D eigenvalue weighted by Gasteiger charge is -2.39. The van der Waals surface area contributed by atoms with Gasteiger partial charge in [-0.3, -0.25) is 4.79 Å². The first kappa shape index (κ1) is 29.7. The molecule has 2 fully saturated rings. The minimum absolute atomic E-state index is 0.0187. The number of carbonyl (C=O) groups is 1. The molecule has 1 heterocycles. The summed E-state index contributed by atoms with van der Waals surface area (Å²) in [6.07, 6.45) is -4.86. The van der Waals surface area contributed by atoms with Crippen LogP contribution in [0.2, 0.25) is 0 Å². The van der Waals surface area contributed by atoms with Gasteiger partial charge in [-0.05, 0) is 69.3 Å². The maximum Gasteiger partial charge on any atom is 0.416 e. The highest BCUT2D eigenvalue weighted by atomic mass is 32.2. The van der Waals surface area contributed by atoms with Gasteiger partial charge in [-0.25, -0.2) is 13.1 Å². The van der Waals surface area contributed by atoms with E-state index in [2.05, 4.69) is 14.9 Å². The highest BCUT2D eigenvalue weighted by Crippen LogP contribution is 2.38. The highest BCUT2D eigenvalue weighted by Gasteiger charge is 2.40. The monoisotopic (exact) mass is 557 g/mol. The number of carbonyl (C=O) groups excluding carboxylic acids is 1. The van der Waals surface area contributed by atoms with Crippen molar-refractivity contribution in [3.05, 3.63) is 29.3 Å². The number of amides is 1. The maximum absolute atomic E-state index is 13.1. The van der Waals surface area contributed by atoms with Gasteiger partial charge in [0, 0.05) is 24.2 Å². The Balaban J connectivity index is 1.57. The van der Waals surface area contributed by atoms with E-state index in [9.17, 15) is 39.6 Å². The Morgan fingerprint density at radius 1 is 1.00 bits per heavy atom. The average Bonchev–Trinajstić information content (AvgIpc) is 3.20. The summed E-state index contributed by atoms with van der Waals surface area (Å²) in [5, 5.41) is 2.20. The normalized spacial score (nSPS) is 19.8. The van der Waals surface area contributed by atoms with Gasteiger partial charge in [-0.15, -0.1) is 0 Å². The Morgan fingerprint density at radius 2 is 1.54 bits per heavy atom. The lowest BCUT2D eigenvalue weighted by molar-refractivity contribution is -0.143. The molecule has 0 aromatic heterocycles. The molecule has 1 aromatic rings. The van der Waals surface area contributed by atoms with Crippen LogP contribution in [-0.4, -0.2) is 50.2 Å². The zero-order valence-electron chi connectivity index (χ0n) is 20.6. The Kier molecular flexibility index (Phi) is 9.22. The van der Waals surface area contributed by atoms with Crippen LogP contribution >= 0.6 is 0 Å². The van der Waals surface area contributed by atoms with Crippen LogP contribution < -0.4 is 10.0 Å². The topological polar surface area (TPSA) is 78.5 Å². The number of nitrogens with one attached hydrogen (secondary N) is 2. The second-order valence-electron chi connectivity index (χ2n) is 10.2. The number of alkyl halides is 6. The third kappa shape index (κ3) is 8.57. The molecule has 6 nitrogen and oxygen atoms in total. The van der Waals surface area contributed by atoms with Crippen LogP contribution in [0.15, 0.2) is 18.2 Å². The Bertz CT molecular complexity index is 1010. The average molecular weight is 558 g/mol. The quantitative estimate of drug-likeness (QED) is 0.399. The van der Waals surface area contributed by atoms with Crippen molar-refractivity contribution >= 4 is 21.6 Å². The van der Waals surface area contributed by atoms with Gasteiger partial charge in [0.1, 0.15) is 0 Å². The zero-order valence-corrected chi connectivity index (χ0v) is 21.5. The van der Waals surface area contributed by atoms with Crippen LogP contribution in [0.25, 0.3) is 0 Å². The van der Waals surface area contributed by atoms with E-state index >= 15 is 0 Å². The molecule has 1 aromatic carbocycles. The van der Waals surface area contributed by atoms with Crippen molar-refractivity contribution < 1.29 is 39.6 Å². The van der Waals surface area contributed by atoms with Gasteiger partial charge in [0.15, 0.2) is 0 Å². The molecule has 1 saturated heterocycles. The van der Waals surface area contributed by atoms with Gasteiger partial charge in [0.25, 0.3) is 0 Å². The molecule has 2 aliphatic rings. The minimum Gasteiger partial charge on any atom is -0.326 e. The molecule has 0 unspecified atom stereocenters. The van der Waals surface area contributed by atoms with Crippen molar-refractivity contribution in [3.8, 4) is 0 Å². The molecule has 0 spiro atoms. The molecule has 37 heavy (non-hydrogen) atoms. The number of sulfonamides is 1. The fourth-order valence-electron chi connectivity index (χ4n) is 5.27. The SMILES string of the molecule is CCCS(=O)(=O)NC1(CN2CCC(CC(=O)Nc3cc(C(F)(F)F)cc(C(F)(F)F)c3)CC2)CCCC1. The highest BCUT2D eigenvalue weighted by molar-refractivity contribution is 7.89. The molecule has 13 heteroatoms. The fourth-order valence-corrected chi connectivity index (χ4v) is 6.84. The number of hydrogen-bond acceptors (Lipinski definition) is 4. The summed E-state index contributed by atoms with van der Waals surface area (Å²) < 4.78 is 106. The summed E-state index contributed by atoms with van der Waals surface area (Å²) >= 11 is 0. The van der Waals surface area contributed by atoms with E-state index in [4.69, 9.17) is 0 Å². The van der Waals surface area contributed by atoms with Gasteiger partial charge >= 0.3 is 12.4 Å². The molecule has 3 rings (SSSR count). The van der Waals surface area contributed by atoms with Gasteiger partial charge in [-0.1, -0.05) is 19.8 Å². The predicted octanol–water partition coefficient (Wildman–Crippen LogP) is 5.41. The molecule has 1 saturated carbocycles. The van der Waals surface area contributed by atoms with Crippen molar-refractivity contribution in [1.82, 2.24) is 9.62 Å². The van der Waals surface area contributed by atoms with Crippen LogP contribution in [0.4, 0.5) is 32.0 Å². The number of benzene rings is 1. The largest absolute Gasteiger partial charge is 0.416 e. The fraction of sp³-hybridized carbons (Fsp3) is 0.708. The van der Waals surface area contributed by atoms with Gasteiger partial charge in [0.05, 0.1) is 16.9 Å². The summed E-state index contributed by atoms with van der Waals surface area (Å²) in [4.78, 5) is 14.6. The van der Waals surface area contributed by atoms with E-state index in [0.29, 0.717) is 51.0 Å². The summed E-state index contributed by atoms with van der Waals surface area (Å²) in [7, 11) is -3.38. The minimum atomic E-state index is -4.99. The molecule has 0 bridgehead atoms. The number of anilines is 1. The lowest BCUT2D eigenvalue weighted by atomic mass is 9.91. The maximum atomic E-state index is 13.1. The summed E-state index contributed by atoms with van der Waals surface area (Å²) in [6.45, 7) is 3.62. The van der Waals surface area contributed by atoms with Crippen LogP contribution in [0, 0.1) is 5.92 Å². The van der Waals surface area contributed by atoms with Crippen LogP contribution in [-0.2, 0) is 27.2 Å². The molecule has 1 aliphatic carbocycles. The predicted molar refractivity (Wildman–Crippen MR) is 127 cm³/mol. The molecular weight excluding hydrogens is 524 g/mol. The van der Waals surface area contributed by atoms with Crippen molar-refractivity contribution in [2.24, 2.45) is 5.92 Å². The van der Waals surface area contributed by atoms with E-state index in [1.807, 2.05) is 6.92 Å². The van der Waals surface area contributed by atoms with E-state index < -0.39 is 50.6 Å². The Hall–Kier alpha value is -1.86. The van der Waals surface area contributed by atoms with Crippen LogP contribution in [0.3, 0.4) is 0 Å². The first-order valence-electron chi connectivity index (χ1n) is 12.4. The number of piperidine rings is 1. The van der Waals surface area contributed by atoms with E-state index in [0.717, 1.165) is 25.7 Å². The van der Waals surface area contributed by atoms with Crippen molar-refractivity contribution in [2.45, 2.75) is 76.2 Å². The molecule has 0 radical (unpaired) electrons. The molecular formula is C24H33F6N3O3S. The van der Waals surface area contributed by atoms with E-state index in [1.165, 1.54) is 0 Å². The second kappa shape index (κ2) is 11.5. The van der Waals surface area contributed by atoms with Crippen molar-refractivity contribution in [3.63, 3.8) is 0 Å². The summed E-state index contributed by atoms with van der Waals surface area (Å²) in [6, 6.07) is 1.01. The van der Waals surface area contributed by atoms with Gasteiger partial charge < -0.3 is 10.2 Å². The number of likely N-dealkylation sites (tertiary alicyclic amines) is 1. The Labute approximate surface area is 213 Å². The van der Waals surface area contributed by atoms with Crippen molar-refractivity contribution in [2.75, 3.05) is 30.7 Å². The third-order valence-corrected chi connectivity index (χ3v) is 8.67. The smallest absolute Gasteiger partial charge is 0.326 e. The number of hydrogen-bond donors (Lipinski definition) is 2. The molecule has 210 valence electrons. The van der Waals surface area contributed by atoms with Crippen LogP contribution in [0.5, 0.6) is 0 Å². The number of rotatable bonds is 9. The first-order valence-corrected chi connectivity index (χ1v) is 14.1. The number of halogens is 6. The third-order valence-electron chi connectivity index (χ3n) is 6.98. The summed E-state index contributed by atoms with van der Waals surface area (Å²) in [5.74, 6) is -0.659. The number of nitrogens with zero attached hydrogens (tertiary/aromatic N) is 1. The van der Waals surface area contributed by atoms with E-state index in [1.54, 1.807) is 0 Å². The van der Waals surface area contributed by atoms with Gasteiger partial charge in [0.2, 0.25) is 15.9 Å². The molecule has 1 aliphatic heterocycles. The lowest BCUT2D eigenvalue weighted by Crippen LogP contribution is -2.55. The zero-order chi connectivity index (χ0) is 27.5. The first-order chi connectivity index (χ1) is 17.1. The van der Waals surface area contributed by atoms with Gasteiger partial charge in [-0.2, -0.15) is 26.3 Å². The van der Waals surface area contributed by atoms with Crippen molar-refractivity contribution in [1.29, 1.82) is 0 Å². The Morgan fingerprint density at radius 3 is 2.03 bits per heavy atom.